The fourth-order valence-electron chi connectivity index (χ4n) is 2.58. The van der Waals surface area contributed by atoms with Crippen molar-refractivity contribution in [2.24, 2.45) is 0 Å². The highest BCUT2D eigenvalue weighted by molar-refractivity contribution is 7.89. The quantitative estimate of drug-likeness (QED) is 0.510. The van der Waals surface area contributed by atoms with Crippen molar-refractivity contribution in [2.45, 2.75) is 17.9 Å². The SMILES string of the molecule is C[C@@H](c1cc2ccccc2o1)N(C)S(=O)(=O)c1ccccc1[N+](=O)[O-]. The van der Waals surface area contributed by atoms with E-state index in [0.717, 1.165) is 9.69 Å². The van der Waals surface area contributed by atoms with Crippen LogP contribution in [0.3, 0.4) is 0 Å². The second-order valence-corrected chi connectivity index (χ2v) is 7.57. The van der Waals surface area contributed by atoms with Crippen LogP contribution in [0.2, 0.25) is 0 Å². The van der Waals surface area contributed by atoms with Gasteiger partial charge in [0.25, 0.3) is 5.69 Å². The van der Waals surface area contributed by atoms with Crippen LogP contribution in [-0.4, -0.2) is 24.7 Å². The minimum Gasteiger partial charge on any atom is -0.459 e. The van der Waals surface area contributed by atoms with E-state index < -0.39 is 26.7 Å². The molecule has 0 saturated carbocycles. The van der Waals surface area contributed by atoms with E-state index in [0.29, 0.717) is 11.3 Å². The average molecular weight is 360 g/mol. The summed E-state index contributed by atoms with van der Waals surface area (Å²) in [6.07, 6.45) is 0. The van der Waals surface area contributed by atoms with Crippen LogP contribution in [0.15, 0.2) is 63.9 Å². The van der Waals surface area contributed by atoms with Gasteiger partial charge < -0.3 is 4.42 Å². The van der Waals surface area contributed by atoms with E-state index >= 15 is 0 Å². The van der Waals surface area contributed by atoms with Crippen molar-refractivity contribution >= 4 is 26.7 Å². The van der Waals surface area contributed by atoms with E-state index in [9.17, 15) is 18.5 Å². The number of para-hydroxylation sites is 2. The molecule has 2 aromatic carbocycles. The summed E-state index contributed by atoms with van der Waals surface area (Å²) in [5, 5.41) is 12.0. The summed E-state index contributed by atoms with van der Waals surface area (Å²) >= 11 is 0. The summed E-state index contributed by atoms with van der Waals surface area (Å²) in [6.45, 7) is 1.67. The highest BCUT2D eigenvalue weighted by atomic mass is 32.2. The number of rotatable bonds is 5. The maximum absolute atomic E-state index is 12.9. The molecule has 1 heterocycles. The lowest BCUT2D eigenvalue weighted by Crippen LogP contribution is -2.30. The molecule has 0 amide bonds. The van der Waals surface area contributed by atoms with E-state index in [1.54, 1.807) is 19.1 Å². The van der Waals surface area contributed by atoms with Crippen LogP contribution >= 0.6 is 0 Å². The molecule has 0 saturated heterocycles. The molecular weight excluding hydrogens is 344 g/mol. The monoisotopic (exact) mass is 360 g/mol. The molecule has 0 radical (unpaired) electrons. The lowest BCUT2D eigenvalue weighted by molar-refractivity contribution is -0.387. The van der Waals surface area contributed by atoms with Crippen LogP contribution in [0, 0.1) is 10.1 Å². The Morgan fingerprint density at radius 1 is 1.12 bits per heavy atom. The molecule has 7 nitrogen and oxygen atoms in total. The number of hydrogen-bond donors (Lipinski definition) is 0. The van der Waals surface area contributed by atoms with Crippen molar-refractivity contribution in [3.63, 3.8) is 0 Å². The maximum Gasteiger partial charge on any atom is 0.289 e. The first kappa shape index (κ1) is 17.1. The fraction of sp³-hybridized carbons (Fsp3) is 0.176. The van der Waals surface area contributed by atoms with Gasteiger partial charge in [-0.25, -0.2) is 8.42 Å². The Bertz CT molecular complexity index is 1010. The Hall–Kier alpha value is -2.71. The molecule has 1 atom stereocenters. The minimum absolute atomic E-state index is 0.342. The standard InChI is InChI=1S/C17H16N2O5S/c1-12(16-11-13-7-3-5-9-15(13)24-16)18(2)25(22,23)17-10-6-4-8-14(17)19(20)21/h3-12H,1-2H3/t12-/m0/s1. The molecule has 0 aliphatic carbocycles. The normalized spacial score (nSPS) is 13.2. The number of hydrogen-bond acceptors (Lipinski definition) is 5. The third kappa shape index (κ3) is 3.01. The zero-order valence-corrected chi connectivity index (χ0v) is 14.4. The van der Waals surface area contributed by atoms with Crippen molar-refractivity contribution in [1.29, 1.82) is 0 Å². The molecule has 0 fully saturated rings. The molecule has 130 valence electrons. The third-order valence-electron chi connectivity index (χ3n) is 4.12. The molecule has 8 heteroatoms. The van der Waals surface area contributed by atoms with Crippen LogP contribution in [0.5, 0.6) is 0 Å². The summed E-state index contributed by atoms with van der Waals surface area (Å²) in [4.78, 5) is 10.1. The Morgan fingerprint density at radius 2 is 1.76 bits per heavy atom. The van der Waals surface area contributed by atoms with Gasteiger partial charge in [-0.05, 0) is 25.1 Å². The number of furan rings is 1. The minimum atomic E-state index is -4.07. The Labute approximate surface area is 144 Å². The molecule has 0 spiro atoms. The first-order chi connectivity index (χ1) is 11.8. The smallest absolute Gasteiger partial charge is 0.289 e. The van der Waals surface area contributed by atoms with Crippen molar-refractivity contribution in [2.75, 3.05) is 7.05 Å². The van der Waals surface area contributed by atoms with E-state index in [1.165, 1.54) is 31.3 Å². The molecular formula is C17H16N2O5S. The molecule has 25 heavy (non-hydrogen) atoms. The van der Waals surface area contributed by atoms with Crippen LogP contribution in [0.25, 0.3) is 11.0 Å². The molecule has 3 aromatic rings. The zero-order chi connectivity index (χ0) is 18.2. The highest BCUT2D eigenvalue weighted by Crippen LogP contribution is 2.32. The van der Waals surface area contributed by atoms with Crippen molar-refractivity contribution in [1.82, 2.24) is 4.31 Å². The molecule has 1 aromatic heterocycles. The number of fused-ring (bicyclic) bond motifs is 1. The van der Waals surface area contributed by atoms with Crippen LogP contribution in [0.1, 0.15) is 18.7 Å². The molecule has 0 aliphatic rings. The van der Waals surface area contributed by atoms with Crippen molar-refractivity contribution in [3.05, 3.63) is 70.5 Å². The topological polar surface area (TPSA) is 93.7 Å². The largest absolute Gasteiger partial charge is 0.459 e. The first-order valence-corrected chi connectivity index (χ1v) is 8.96. The number of nitro groups is 1. The Kier molecular flexibility index (Phi) is 4.32. The van der Waals surface area contributed by atoms with Gasteiger partial charge in [0.1, 0.15) is 11.3 Å². The molecule has 0 N–H and O–H groups in total. The first-order valence-electron chi connectivity index (χ1n) is 7.52. The van der Waals surface area contributed by atoms with Crippen LogP contribution < -0.4 is 0 Å². The molecule has 0 aliphatic heterocycles. The highest BCUT2D eigenvalue weighted by Gasteiger charge is 2.33. The zero-order valence-electron chi connectivity index (χ0n) is 13.6. The fourth-order valence-corrected chi connectivity index (χ4v) is 4.06. The Morgan fingerprint density at radius 3 is 2.44 bits per heavy atom. The van der Waals surface area contributed by atoms with Gasteiger partial charge in [-0.1, -0.05) is 30.3 Å². The van der Waals surface area contributed by atoms with Gasteiger partial charge in [0.15, 0.2) is 4.90 Å². The van der Waals surface area contributed by atoms with Gasteiger partial charge in [0, 0.05) is 18.5 Å². The Balaban J connectivity index is 2.01. The number of nitrogens with zero attached hydrogens (tertiary/aromatic N) is 2. The van der Waals surface area contributed by atoms with Gasteiger partial charge in [0.05, 0.1) is 11.0 Å². The third-order valence-corrected chi connectivity index (χ3v) is 6.10. The predicted octanol–water partition coefficient (Wildman–Crippen LogP) is 3.72. The van der Waals surface area contributed by atoms with Gasteiger partial charge in [-0.2, -0.15) is 4.31 Å². The van der Waals surface area contributed by atoms with E-state index in [4.69, 9.17) is 4.42 Å². The predicted molar refractivity (Wildman–Crippen MR) is 92.7 cm³/mol. The van der Waals surface area contributed by atoms with E-state index in [-0.39, 0.29) is 4.90 Å². The molecule has 3 rings (SSSR count). The summed E-state index contributed by atoms with van der Waals surface area (Å²) in [5.41, 5.74) is 0.201. The lowest BCUT2D eigenvalue weighted by atomic mass is 10.2. The molecule has 0 bridgehead atoms. The van der Waals surface area contributed by atoms with Gasteiger partial charge in [-0.3, -0.25) is 10.1 Å². The van der Waals surface area contributed by atoms with Gasteiger partial charge in [0.2, 0.25) is 10.0 Å². The summed E-state index contributed by atoms with van der Waals surface area (Å²) < 4.78 is 32.5. The number of benzene rings is 2. The second-order valence-electron chi connectivity index (χ2n) is 5.61. The second kappa shape index (κ2) is 6.30. The number of sulfonamides is 1. The lowest BCUT2D eigenvalue weighted by Gasteiger charge is -2.22. The summed E-state index contributed by atoms with van der Waals surface area (Å²) in [5.74, 6) is 0.464. The van der Waals surface area contributed by atoms with Crippen molar-refractivity contribution < 1.29 is 17.8 Å². The van der Waals surface area contributed by atoms with Gasteiger partial charge in [-0.15, -0.1) is 0 Å². The van der Waals surface area contributed by atoms with Crippen LogP contribution in [-0.2, 0) is 10.0 Å². The number of nitro benzene ring substituents is 1. The average Bonchev–Trinajstić information content (AvgIpc) is 3.04. The van der Waals surface area contributed by atoms with Crippen molar-refractivity contribution in [3.8, 4) is 0 Å². The van der Waals surface area contributed by atoms with E-state index in [2.05, 4.69) is 0 Å². The summed E-state index contributed by atoms with van der Waals surface area (Å²) in [7, 11) is -2.69. The van der Waals surface area contributed by atoms with Crippen LogP contribution in [0.4, 0.5) is 5.69 Å². The maximum atomic E-state index is 12.9. The van der Waals surface area contributed by atoms with Gasteiger partial charge >= 0.3 is 0 Å². The summed E-state index contributed by atoms with van der Waals surface area (Å²) in [6, 6.07) is 13.8. The van der Waals surface area contributed by atoms with E-state index in [1.807, 2.05) is 18.2 Å². The molecule has 0 unspecified atom stereocenters.